The molecule has 4 nitrogen and oxygen atoms in total. The summed E-state index contributed by atoms with van der Waals surface area (Å²) in [6.45, 7) is 8.10. The summed E-state index contributed by atoms with van der Waals surface area (Å²) in [5.74, 6) is 1.44. The Morgan fingerprint density at radius 1 is 1.26 bits per heavy atom. The van der Waals surface area contributed by atoms with Crippen LogP contribution in [0.5, 0.6) is 0 Å². The largest absolute Gasteiger partial charge is 0.380 e. The Bertz CT molecular complexity index is 479. The predicted molar refractivity (Wildman–Crippen MR) is 108 cm³/mol. The summed E-state index contributed by atoms with van der Waals surface area (Å²) < 4.78 is 5.36. The molecule has 2 rings (SSSR count). The summed E-state index contributed by atoms with van der Waals surface area (Å²) in [5, 5.41) is 6.64. The zero-order valence-electron chi connectivity index (χ0n) is 14.3. The summed E-state index contributed by atoms with van der Waals surface area (Å²) >= 11 is 0. The maximum absolute atomic E-state index is 5.36. The molecule has 0 aromatic heterocycles. The lowest BCUT2D eigenvalue weighted by atomic mass is 9.83. The topological polar surface area (TPSA) is 45.7 Å². The van der Waals surface area contributed by atoms with Crippen LogP contribution in [0.25, 0.3) is 0 Å². The van der Waals surface area contributed by atoms with Crippen molar-refractivity contribution in [1.29, 1.82) is 0 Å². The van der Waals surface area contributed by atoms with Crippen LogP contribution in [-0.4, -0.2) is 38.8 Å². The van der Waals surface area contributed by atoms with Gasteiger partial charge in [0.1, 0.15) is 0 Å². The Kier molecular flexibility index (Phi) is 10.3. The van der Waals surface area contributed by atoms with E-state index in [0.29, 0.717) is 12.5 Å². The van der Waals surface area contributed by atoms with E-state index in [1.807, 2.05) is 6.92 Å². The number of rotatable bonds is 7. The highest BCUT2D eigenvalue weighted by atomic mass is 127. The molecule has 1 unspecified atom stereocenters. The van der Waals surface area contributed by atoms with Gasteiger partial charge in [-0.1, -0.05) is 24.3 Å². The molecule has 1 aromatic rings. The molecule has 0 amide bonds. The van der Waals surface area contributed by atoms with E-state index in [1.165, 1.54) is 30.4 Å². The zero-order chi connectivity index (χ0) is 15.6. The highest BCUT2D eigenvalue weighted by Crippen LogP contribution is 2.31. The van der Waals surface area contributed by atoms with Crippen molar-refractivity contribution in [2.75, 3.05) is 32.8 Å². The van der Waals surface area contributed by atoms with Gasteiger partial charge in [0.2, 0.25) is 0 Å². The number of guanidine groups is 1. The van der Waals surface area contributed by atoms with Crippen molar-refractivity contribution in [3.05, 3.63) is 35.4 Å². The van der Waals surface area contributed by atoms with Crippen LogP contribution in [0.4, 0.5) is 0 Å². The van der Waals surface area contributed by atoms with E-state index in [4.69, 9.17) is 9.73 Å². The van der Waals surface area contributed by atoms with Gasteiger partial charge >= 0.3 is 0 Å². The third kappa shape index (κ3) is 6.67. The van der Waals surface area contributed by atoms with Gasteiger partial charge in [0.25, 0.3) is 0 Å². The van der Waals surface area contributed by atoms with Gasteiger partial charge in [0.05, 0.1) is 6.61 Å². The number of nitrogens with zero attached hydrogens (tertiary/aromatic N) is 1. The molecule has 0 saturated heterocycles. The van der Waals surface area contributed by atoms with Crippen molar-refractivity contribution in [3.63, 3.8) is 0 Å². The minimum absolute atomic E-state index is 0. The van der Waals surface area contributed by atoms with Gasteiger partial charge in [-0.25, -0.2) is 0 Å². The third-order valence-corrected chi connectivity index (χ3v) is 4.05. The molecule has 0 radical (unpaired) electrons. The van der Waals surface area contributed by atoms with Gasteiger partial charge in [-0.3, -0.25) is 4.99 Å². The summed E-state index contributed by atoms with van der Waals surface area (Å²) in [5.41, 5.74) is 2.99. The smallest absolute Gasteiger partial charge is 0.191 e. The van der Waals surface area contributed by atoms with Crippen molar-refractivity contribution < 1.29 is 4.74 Å². The van der Waals surface area contributed by atoms with E-state index in [0.717, 1.165) is 32.2 Å². The first-order chi connectivity index (χ1) is 10.8. The van der Waals surface area contributed by atoms with E-state index < -0.39 is 0 Å². The standard InChI is InChI=1S/C18H29N3O.HI/c1-3-19-18(20-12-13-22-4-2)21-14-16-10-7-9-15-8-5-6-11-17(15)16;/h5-6,8,11,16H,3-4,7,9-10,12-14H2,1-2H3,(H2,19,20,21);1H. The van der Waals surface area contributed by atoms with Crippen molar-refractivity contribution in [2.45, 2.75) is 39.0 Å². The normalized spacial score (nSPS) is 17.1. The number of aryl methyl sites for hydroxylation is 1. The maximum Gasteiger partial charge on any atom is 0.191 e. The molecule has 0 aliphatic heterocycles. The van der Waals surface area contributed by atoms with Gasteiger partial charge < -0.3 is 15.4 Å². The Balaban J connectivity index is 0.00000264. The predicted octanol–water partition coefficient (Wildman–Crippen LogP) is 3.32. The summed E-state index contributed by atoms with van der Waals surface area (Å²) in [6.07, 6.45) is 3.72. The zero-order valence-corrected chi connectivity index (χ0v) is 16.6. The third-order valence-electron chi connectivity index (χ3n) is 4.05. The quantitative estimate of drug-likeness (QED) is 0.301. The SMILES string of the molecule is CCNC(=NCC1CCCc2ccccc21)NCCOCC.I. The molecule has 2 N–H and O–H groups in total. The highest BCUT2D eigenvalue weighted by molar-refractivity contribution is 14.0. The number of benzene rings is 1. The Morgan fingerprint density at radius 2 is 2.09 bits per heavy atom. The fourth-order valence-corrected chi connectivity index (χ4v) is 2.97. The van der Waals surface area contributed by atoms with Crippen LogP contribution in [0.2, 0.25) is 0 Å². The van der Waals surface area contributed by atoms with Crippen LogP contribution in [0, 0.1) is 0 Å². The number of fused-ring (bicyclic) bond motifs is 1. The van der Waals surface area contributed by atoms with E-state index in [1.54, 1.807) is 0 Å². The number of aliphatic imine (C=N–C) groups is 1. The van der Waals surface area contributed by atoms with Crippen LogP contribution in [0.1, 0.15) is 43.7 Å². The summed E-state index contributed by atoms with van der Waals surface area (Å²) in [6, 6.07) is 8.82. The molecule has 0 heterocycles. The number of hydrogen-bond donors (Lipinski definition) is 2. The number of nitrogens with one attached hydrogen (secondary N) is 2. The second kappa shape index (κ2) is 11.7. The molecule has 1 aromatic carbocycles. The minimum atomic E-state index is 0. The molecule has 5 heteroatoms. The molecular weight excluding hydrogens is 401 g/mol. The number of ether oxygens (including phenoxy) is 1. The Morgan fingerprint density at radius 3 is 2.87 bits per heavy atom. The molecule has 0 bridgehead atoms. The van der Waals surface area contributed by atoms with Gasteiger partial charge in [0.15, 0.2) is 5.96 Å². The van der Waals surface area contributed by atoms with E-state index >= 15 is 0 Å². The fraction of sp³-hybridized carbons (Fsp3) is 0.611. The van der Waals surface area contributed by atoms with Gasteiger partial charge in [-0.05, 0) is 44.2 Å². The molecule has 0 spiro atoms. The number of halogens is 1. The van der Waals surface area contributed by atoms with Crippen LogP contribution in [0.3, 0.4) is 0 Å². The molecule has 0 saturated carbocycles. The molecule has 1 atom stereocenters. The van der Waals surface area contributed by atoms with Gasteiger partial charge in [-0.2, -0.15) is 0 Å². The lowest BCUT2D eigenvalue weighted by molar-refractivity contribution is 0.152. The molecule has 0 fully saturated rings. The number of hydrogen-bond acceptors (Lipinski definition) is 2. The van der Waals surface area contributed by atoms with Crippen molar-refractivity contribution in [3.8, 4) is 0 Å². The first kappa shape index (κ1) is 20.2. The average molecular weight is 431 g/mol. The van der Waals surface area contributed by atoms with Crippen LogP contribution >= 0.6 is 24.0 Å². The van der Waals surface area contributed by atoms with E-state index in [-0.39, 0.29) is 24.0 Å². The molecular formula is C18H30IN3O. The molecule has 1 aliphatic rings. The lowest BCUT2D eigenvalue weighted by Crippen LogP contribution is -2.39. The van der Waals surface area contributed by atoms with Crippen LogP contribution < -0.4 is 10.6 Å². The summed E-state index contributed by atoms with van der Waals surface area (Å²) in [4.78, 5) is 4.77. The summed E-state index contributed by atoms with van der Waals surface area (Å²) in [7, 11) is 0. The van der Waals surface area contributed by atoms with Crippen LogP contribution in [-0.2, 0) is 11.2 Å². The van der Waals surface area contributed by atoms with Crippen molar-refractivity contribution >= 4 is 29.9 Å². The highest BCUT2D eigenvalue weighted by Gasteiger charge is 2.19. The lowest BCUT2D eigenvalue weighted by Gasteiger charge is -2.24. The molecule has 1 aliphatic carbocycles. The van der Waals surface area contributed by atoms with E-state index in [2.05, 4.69) is 41.8 Å². The molecule has 130 valence electrons. The average Bonchev–Trinajstić information content (AvgIpc) is 2.56. The van der Waals surface area contributed by atoms with Gasteiger partial charge in [-0.15, -0.1) is 24.0 Å². The maximum atomic E-state index is 5.36. The van der Waals surface area contributed by atoms with Crippen LogP contribution in [0.15, 0.2) is 29.3 Å². The van der Waals surface area contributed by atoms with Crippen molar-refractivity contribution in [1.82, 2.24) is 10.6 Å². The Hall–Kier alpha value is -0.820. The Labute approximate surface area is 157 Å². The van der Waals surface area contributed by atoms with Gasteiger partial charge in [0, 0.05) is 32.2 Å². The first-order valence-electron chi connectivity index (χ1n) is 8.52. The molecule has 23 heavy (non-hydrogen) atoms. The monoisotopic (exact) mass is 431 g/mol. The van der Waals surface area contributed by atoms with Crippen molar-refractivity contribution in [2.24, 2.45) is 4.99 Å². The fourth-order valence-electron chi connectivity index (χ4n) is 2.97. The second-order valence-corrected chi connectivity index (χ2v) is 5.63. The second-order valence-electron chi connectivity index (χ2n) is 5.63. The minimum Gasteiger partial charge on any atom is -0.380 e. The first-order valence-corrected chi connectivity index (χ1v) is 8.52. The van der Waals surface area contributed by atoms with E-state index in [9.17, 15) is 0 Å².